The number of hydrogen-bond acceptors (Lipinski definition) is 3. The van der Waals surface area contributed by atoms with Crippen LogP contribution in [0.25, 0.3) is 64.6 Å². The second kappa shape index (κ2) is 32.1. The lowest BCUT2D eigenvalue weighted by molar-refractivity contribution is 1.13. The van der Waals surface area contributed by atoms with E-state index in [0.717, 1.165) is 17.1 Å². The summed E-state index contributed by atoms with van der Waals surface area (Å²) in [5, 5.41) is 16.0. The third kappa shape index (κ3) is 18.5. The molecule has 0 aliphatic rings. The van der Waals surface area contributed by atoms with Crippen LogP contribution in [0.5, 0.6) is 0 Å². The van der Waals surface area contributed by atoms with Crippen molar-refractivity contribution in [3.8, 4) is 0 Å². The third-order valence-electron chi connectivity index (χ3n) is 16.3. The highest BCUT2D eigenvalue weighted by molar-refractivity contribution is 6.09. The number of nitrogens with zero attached hydrogens (tertiary/aromatic N) is 3. The van der Waals surface area contributed by atoms with Crippen LogP contribution in [0.2, 0.25) is 0 Å². The lowest BCUT2D eigenvalue weighted by Crippen LogP contribution is -1.98. The smallest absolute Gasteiger partial charge is 0.0401 e. The molecule has 0 bridgehead atoms. The number of aryl methyl sites for hydroxylation is 9. The zero-order chi connectivity index (χ0) is 62.4. The Kier molecular flexibility index (Phi) is 24.0. The van der Waals surface area contributed by atoms with Crippen LogP contribution in [0.1, 0.15) is 83.8 Å². The maximum absolute atomic E-state index is 4.08. The van der Waals surface area contributed by atoms with Gasteiger partial charge in [0, 0.05) is 35.7 Å². The molecule has 0 N–H and O–H groups in total. The molecule has 0 atom stereocenters. The van der Waals surface area contributed by atoms with Gasteiger partial charge in [0.1, 0.15) is 0 Å². The van der Waals surface area contributed by atoms with Gasteiger partial charge in [0.25, 0.3) is 0 Å². The van der Waals surface area contributed by atoms with Crippen LogP contribution in [-0.4, -0.2) is 15.0 Å². The molecule has 3 heteroatoms. The van der Waals surface area contributed by atoms with Gasteiger partial charge < -0.3 is 0 Å². The van der Waals surface area contributed by atoms with Crippen molar-refractivity contribution < 1.29 is 0 Å². The summed E-state index contributed by atoms with van der Waals surface area (Å²) in [5.74, 6) is 0. The molecule has 11 aromatic carbocycles. The van der Waals surface area contributed by atoms with Crippen molar-refractivity contribution in [3.63, 3.8) is 0 Å². The summed E-state index contributed by atoms with van der Waals surface area (Å²) in [6.07, 6.45) is 5.42. The first-order chi connectivity index (χ1) is 41.9. The highest BCUT2D eigenvalue weighted by Gasteiger charge is 2.08. The summed E-state index contributed by atoms with van der Waals surface area (Å²) in [7, 11) is 0. The molecule has 14 rings (SSSR count). The van der Waals surface area contributed by atoms with E-state index in [1.54, 1.807) is 6.20 Å². The van der Waals surface area contributed by atoms with Crippen LogP contribution in [0.15, 0.2) is 255 Å². The van der Waals surface area contributed by atoms with E-state index >= 15 is 0 Å². The van der Waals surface area contributed by atoms with E-state index in [1.807, 2.05) is 63.5 Å². The van der Waals surface area contributed by atoms with Crippen LogP contribution < -0.4 is 0 Å². The van der Waals surface area contributed by atoms with E-state index in [0.29, 0.717) is 0 Å². The SMILES string of the molecule is Cc1c(C)c(C)c(C)c(C)c1C.Cc1cc2ccccc2c2ccccc12.Cc1ccc2ccc3ccccc3c2c1.Cc1ccc2ccccc2c1.Cc1cccc2ccccc12.Cc1ccccn1.Cc1cccnc1C.Cc1ccnc(C)c1. The Bertz CT molecular complexity index is 4350. The maximum Gasteiger partial charge on any atom is 0.0401 e. The molecule has 0 saturated heterocycles. The molecule has 0 unspecified atom stereocenters. The molecule has 0 aliphatic heterocycles. The van der Waals surface area contributed by atoms with Crippen LogP contribution in [0.3, 0.4) is 0 Å². The Morgan fingerprint density at radius 2 is 0.609 bits per heavy atom. The minimum atomic E-state index is 1.07. The molecule has 14 aromatic rings. The van der Waals surface area contributed by atoms with E-state index in [9.17, 15) is 0 Å². The fourth-order valence-electron chi connectivity index (χ4n) is 10.4. The van der Waals surface area contributed by atoms with E-state index in [2.05, 4.69) is 304 Å². The van der Waals surface area contributed by atoms with Gasteiger partial charge in [0.15, 0.2) is 0 Å². The van der Waals surface area contributed by atoms with Crippen molar-refractivity contribution in [2.75, 3.05) is 0 Å². The van der Waals surface area contributed by atoms with Crippen molar-refractivity contribution in [2.45, 2.75) is 104 Å². The molecular weight excluding hydrogens is 1050 g/mol. The Balaban J connectivity index is 0.000000144. The second-order valence-electron chi connectivity index (χ2n) is 22.7. The number of aromatic nitrogens is 3. The van der Waals surface area contributed by atoms with Gasteiger partial charge in [-0.25, -0.2) is 0 Å². The average Bonchev–Trinajstić information content (AvgIpc) is 1.89. The maximum atomic E-state index is 4.08. The minimum absolute atomic E-state index is 1.07. The van der Waals surface area contributed by atoms with Gasteiger partial charge >= 0.3 is 0 Å². The first-order valence-electron chi connectivity index (χ1n) is 30.2. The van der Waals surface area contributed by atoms with E-state index in [4.69, 9.17) is 0 Å². The molecule has 0 amide bonds. The number of benzene rings is 11. The third-order valence-corrected chi connectivity index (χ3v) is 16.3. The minimum Gasteiger partial charge on any atom is -0.262 e. The lowest BCUT2D eigenvalue weighted by Gasteiger charge is -2.15. The van der Waals surface area contributed by atoms with Gasteiger partial charge in [0.05, 0.1) is 0 Å². The van der Waals surface area contributed by atoms with Crippen molar-refractivity contribution in [3.05, 3.63) is 339 Å². The van der Waals surface area contributed by atoms with Gasteiger partial charge in [0.2, 0.25) is 0 Å². The number of pyridine rings is 3. The van der Waals surface area contributed by atoms with E-state index in [-0.39, 0.29) is 0 Å². The van der Waals surface area contributed by atoms with Crippen LogP contribution in [-0.2, 0) is 0 Å². The van der Waals surface area contributed by atoms with Crippen LogP contribution in [0, 0.1) is 104 Å². The van der Waals surface area contributed by atoms with Crippen molar-refractivity contribution in [1.29, 1.82) is 0 Å². The Morgan fingerprint density at radius 1 is 0.195 bits per heavy atom. The Morgan fingerprint density at radius 3 is 1.11 bits per heavy atom. The molecule has 438 valence electrons. The molecule has 0 aliphatic carbocycles. The van der Waals surface area contributed by atoms with E-state index in [1.165, 1.54) is 131 Å². The standard InChI is InChI=1S/2C15H12.C12H18.2C11H10.2C7H9N.C6H7N/c1-11-10-12-6-2-3-8-14(12)15-9-5-4-7-13(11)15;1-11-6-7-13-9-8-12-4-2-3-5-14(12)15(13)10-11;1-7-8(2)10(4)12(6)11(5)9(7)3;1-9-5-4-7-10-6-2-3-8-11(9)10;1-9-6-7-10-4-2-3-5-11(10)8-9;1-6-3-4-8-7(2)5-6;1-6-4-3-5-8-7(6)2;1-6-4-2-3-5-7-6/h2*2-10H,1H3;1-6H3;2*2-8H,1H3;2*3-5H,1-2H3;2-5H,1H3. The zero-order valence-electron chi connectivity index (χ0n) is 54.1. The van der Waals surface area contributed by atoms with Gasteiger partial charge in [-0.15, -0.1) is 0 Å². The summed E-state index contributed by atoms with van der Waals surface area (Å²) in [6, 6.07) is 82.6. The van der Waals surface area contributed by atoms with Gasteiger partial charge in [-0.2, -0.15) is 0 Å². The first-order valence-corrected chi connectivity index (χ1v) is 30.2. The molecule has 0 radical (unpaired) electrons. The second-order valence-corrected chi connectivity index (χ2v) is 22.7. The summed E-state index contributed by atoms with van der Waals surface area (Å²) in [5.41, 5.74) is 19.9. The van der Waals surface area contributed by atoms with Gasteiger partial charge in [-0.05, 0) is 254 Å². The van der Waals surface area contributed by atoms with Crippen LogP contribution >= 0.6 is 0 Å². The lowest BCUT2D eigenvalue weighted by atomic mass is 9.90. The first kappa shape index (κ1) is 65.0. The van der Waals surface area contributed by atoms with Crippen molar-refractivity contribution >= 4 is 64.6 Å². The van der Waals surface area contributed by atoms with Crippen molar-refractivity contribution in [1.82, 2.24) is 15.0 Å². The summed E-state index contributed by atoms with van der Waals surface area (Å²) < 4.78 is 0. The van der Waals surface area contributed by atoms with E-state index < -0.39 is 0 Å². The van der Waals surface area contributed by atoms with Gasteiger partial charge in [-0.3, -0.25) is 15.0 Å². The van der Waals surface area contributed by atoms with Crippen LogP contribution in [0.4, 0.5) is 0 Å². The predicted molar refractivity (Wildman–Crippen MR) is 381 cm³/mol. The summed E-state index contributed by atoms with van der Waals surface area (Å²) >= 11 is 0. The molecular formula is C84H87N3. The average molecular weight is 1140 g/mol. The molecule has 0 fully saturated rings. The topological polar surface area (TPSA) is 38.7 Å². The Hall–Kier alpha value is -9.57. The highest BCUT2D eigenvalue weighted by Crippen LogP contribution is 2.29. The molecule has 3 heterocycles. The summed E-state index contributed by atoms with van der Waals surface area (Å²) in [6.45, 7) is 31.9. The Labute approximate surface area is 519 Å². The number of rotatable bonds is 0. The quantitative estimate of drug-likeness (QED) is 0.142. The molecule has 3 aromatic heterocycles. The molecule has 87 heavy (non-hydrogen) atoms. The monoisotopic (exact) mass is 1140 g/mol. The zero-order valence-corrected chi connectivity index (χ0v) is 54.1. The fraction of sp³-hybridized carbons (Fsp3) is 0.179. The molecule has 3 nitrogen and oxygen atoms in total. The number of hydrogen-bond donors (Lipinski definition) is 0. The fourth-order valence-corrected chi connectivity index (χ4v) is 10.4. The summed E-state index contributed by atoms with van der Waals surface area (Å²) in [4.78, 5) is 12.1. The molecule has 0 saturated carbocycles. The molecule has 0 spiro atoms. The number of fused-ring (bicyclic) bond motifs is 8. The largest absolute Gasteiger partial charge is 0.262 e. The predicted octanol–water partition coefficient (Wildman–Crippen LogP) is 23.2. The normalized spacial score (nSPS) is 10.2. The van der Waals surface area contributed by atoms with Gasteiger partial charge in [-0.1, -0.05) is 217 Å². The van der Waals surface area contributed by atoms with Crippen molar-refractivity contribution in [2.24, 2.45) is 0 Å². The highest BCUT2D eigenvalue weighted by atomic mass is 14.7.